The molecule has 0 aliphatic rings. The number of fused-ring (bicyclic) bond motifs is 1. The van der Waals surface area contributed by atoms with Gasteiger partial charge in [0.15, 0.2) is 40.2 Å². The molecule has 0 radical (unpaired) electrons. The van der Waals surface area contributed by atoms with Gasteiger partial charge in [0, 0.05) is 60.2 Å². The summed E-state index contributed by atoms with van der Waals surface area (Å²) in [5.74, 6) is -2.12. The number of benzene rings is 3. The van der Waals surface area contributed by atoms with Crippen molar-refractivity contribution in [2.24, 2.45) is 5.73 Å². The fourth-order valence-electron chi connectivity index (χ4n) is 7.62. The number of hydrogen-bond donors (Lipinski definition) is 6. The van der Waals surface area contributed by atoms with Crippen LogP contribution in [0.15, 0.2) is 133 Å². The van der Waals surface area contributed by atoms with Crippen LogP contribution < -0.4 is 27.7 Å². The van der Waals surface area contributed by atoms with E-state index in [1.54, 1.807) is 87.6 Å². The molecule has 8 N–H and O–H groups in total. The van der Waals surface area contributed by atoms with Gasteiger partial charge in [-0.05, 0) is 147 Å². The second-order valence-corrected chi connectivity index (χ2v) is 24.5. The summed E-state index contributed by atoms with van der Waals surface area (Å²) in [6.45, 7) is 26.3. The van der Waals surface area contributed by atoms with Crippen molar-refractivity contribution in [1.29, 1.82) is 0 Å². The number of pyridine rings is 3. The van der Waals surface area contributed by atoms with E-state index < -0.39 is 38.4 Å². The van der Waals surface area contributed by atoms with Crippen LogP contribution in [0.1, 0.15) is 58.4 Å². The summed E-state index contributed by atoms with van der Waals surface area (Å²) in [5.41, 5.74) is 14.0. The highest BCUT2D eigenvalue weighted by molar-refractivity contribution is 9.11. The van der Waals surface area contributed by atoms with Crippen LogP contribution in [0.25, 0.3) is 54.5 Å². The third-order valence-corrected chi connectivity index (χ3v) is 13.5. The Balaban J connectivity index is 0.000000224. The maximum absolute atomic E-state index is 13.0. The van der Waals surface area contributed by atoms with Crippen LogP contribution in [0.2, 0.25) is 15.1 Å². The maximum atomic E-state index is 13.0. The molecular weight excluding hydrogens is 1500 g/mol. The van der Waals surface area contributed by atoms with Crippen molar-refractivity contribution in [2.45, 2.75) is 20.8 Å². The quantitative estimate of drug-likeness (QED) is 0.0444. The molecule has 27 nitrogen and oxygen atoms in total. The van der Waals surface area contributed by atoms with E-state index in [2.05, 4.69) is 125 Å². The molecule has 0 saturated carbocycles. The normalized spacial score (nSPS) is 10.2. The minimum Gasteiger partial charge on any atom is -0.478 e. The molecule has 0 aliphatic carbocycles. The summed E-state index contributed by atoms with van der Waals surface area (Å²) in [7, 11) is 4.28. The average molecular weight is 1540 g/mol. The molecule has 10 aromatic rings. The first-order chi connectivity index (χ1) is 43.5. The van der Waals surface area contributed by atoms with E-state index >= 15 is 0 Å². The van der Waals surface area contributed by atoms with E-state index in [9.17, 15) is 32.4 Å². The molecule has 0 aliphatic heterocycles. The number of anilines is 2. The highest BCUT2D eigenvalue weighted by atomic mass is 79.9. The van der Waals surface area contributed by atoms with Crippen LogP contribution in [-0.4, -0.2) is 112 Å². The molecule has 0 saturated heterocycles. The van der Waals surface area contributed by atoms with Crippen LogP contribution in [0, 0.1) is 40.5 Å². The van der Waals surface area contributed by atoms with Gasteiger partial charge in [-0.3, -0.25) is 9.59 Å². The monoisotopic (exact) mass is 1530 g/mol. The molecule has 0 spiro atoms. The molecule has 0 bridgehead atoms. The Kier molecular flexibility index (Phi) is 26.3. The number of carbonyl (C=O) groups excluding carboxylic acids is 2. The number of nitrogen functional groups attached to an aromatic ring is 1. The third kappa shape index (κ3) is 19.1. The van der Waals surface area contributed by atoms with E-state index in [1.165, 1.54) is 70.9 Å². The fraction of sp³-hybridized carbons (Fsp3) is 0.105. The second kappa shape index (κ2) is 33.0. The number of nitrogens with two attached hydrogens (primary N) is 2. The van der Waals surface area contributed by atoms with E-state index in [4.69, 9.17) is 74.9 Å². The second-order valence-electron chi connectivity index (χ2n) is 17.8. The van der Waals surface area contributed by atoms with Gasteiger partial charge in [0.2, 0.25) is 14.9 Å². The van der Waals surface area contributed by atoms with Gasteiger partial charge in [-0.2, -0.15) is 15.3 Å². The number of aryl methyl sites for hydroxylation is 3. The Bertz CT molecular complexity index is 4790. The highest BCUT2D eigenvalue weighted by Gasteiger charge is 2.24. The maximum Gasteiger partial charge on any atom is 0.354 e. The van der Waals surface area contributed by atoms with Crippen molar-refractivity contribution < 1.29 is 42.2 Å². The summed E-state index contributed by atoms with van der Waals surface area (Å²) in [5, 5.41) is 36.8. The van der Waals surface area contributed by atoms with Crippen LogP contribution in [0.4, 0.5) is 28.4 Å². The molecule has 92 heavy (non-hydrogen) atoms. The predicted molar refractivity (Wildman–Crippen MR) is 358 cm³/mol. The molecule has 3 aromatic carbocycles. The van der Waals surface area contributed by atoms with E-state index in [1.807, 2.05) is 0 Å². The molecule has 472 valence electrons. The topological polar surface area (TPSA) is 367 Å². The summed E-state index contributed by atoms with van der Waals surface area (Å²) < 4.78 is 29.5. The molecule has 0 fully saturated rings. The molecular formula is C57H44Br3Cl4N17O10S. The molecule has 7 aromatic heterocycles. The van der Waals surface area contributed by atoms with Gasteiger partial charge in [0.25, 0.3) is 11.8 Å². The molecule has 10 rings (SSSR count). The summed E-state index contributed by atoms with van der Waals surface area (Å²) in [6, 6.07) is 23.5. The third-order valence-electron chi connectivity index (χ3n) is 11.5. The Labute approximate surface area is 567 Å². The number of nitrogens with zero attached hydrogens (tertiary/aromatic N) is 13. The van der Waals surface area contributed by atoms with E-state index in [0.29, 0.717) is 85.3 Å². The Morgan fingerprint density at radius 3 is 1.52 bits per heavy atom. The van der Waals surface area contributed by atoms with Gasteiger partial charge in [-0.15, -0.1) is 0 Å². The van der Waals surface area contributed by atoms with Gasteiger partial charge < -0.3 is 36.7 Å². The van der Waals surface area contributed by atoms with Crippen molar-refractivity contribution in [2.75, 3.05) is 31.4 Å². The lowest BCUT2D eigenvalue weighted by molar-refractivity contribution is 0.0680. The standard InChI is InChI=1S/C19H14BrClN6O2.C18H9BrClN5O2.C9H5BrClN3O2.C9H8N2O2.CH3ClO2S.CH5N/c1-10-7-11(22-2)8-12(18(28)23-3)16(10)25-19(29)14-9-15(20)26-27(14)17-13(21)5-4-6-24-17;1-9-6-10(21-2)7-11-15(9)23-17(27-18(11)26)13-8-14(19)24-25(13)16-12(20)4-3-5-22-16;10-7-4-6(9(15)16)14(13-7)8-5(11)2-1-3-12-8;1-5-3-6(11-2)4-7(8(5)10)9(12)13;1-5(2,3)4;1-2/h4-9H,1,3H3,(H,23,28)(H,25,29);3-8H,1H3;1-4H,(H,15,16);3-4H,10H2,1H3,(H,12,13);1H3;2H2,1H3. The van der Waals surface area contributed by atoms with Crippen LogP contribution in [0.3, 0.4) is 0 Å². The van der Waals surface area contributed by atoms with Crippen molar-refractivity contribution in [3.63, 3.8) is 0 Å². The molecule has 7 heterocycles. The summed E-state index contributed by atoms with van der Waals surface area (Å²) in [4.78, 5) is 86.3. The molecule has 2 amide bonds. The zero-order valence-corrected chi connectivity index (χ0v) is 56.7. The van der Waals surface area contributed by atoms with Crippen LogP contribution >= 0.6 is 93.3 Å². The highest BCUT2D eigenvalue weighted by Crippen LogP contribution is 2.32. The Morgan fingerprint density at radius 2 is 1.05 bits per heavy atom. The number of hydrogen-bond acceptors (Lipinski definition) is 17. The zero-order chi connectivity index (χ0) is 68.5. The van der Waals surface area contributed by atoms with Crippen LogP contribution in [-0.2, 0) is 9.05 Å². The first-order valence-corrected chi connectivity index (χ1v) is 31.4. The van der Waals surface area contributed by atoms with Crippen molar-refractivity contribution in [3.05, 3.63) is 222 Å². The van der Waals surface area contributed by atoms with Crippen LogP contribution in [0.5, 0.6) is 0 Å². The number of halogens is 7. The largest absolute Gasteiger partial charge is 0.478 e. The lowest BCUT2D eigenvalue weighted by Gasteiger charge is -2.15. The molecule has 35 heteroatoms. The van der Waals surface area contributed by atoms with Gasteiger partial charge in [0.05, 0.1) is 68.8 Å². The molecule has 0 unspecified atom stereocenters. The van der Waals surface area contributed by atoms with Gasteiger partial charge in [-0.1, -0.05) is 53.0 Å². The first-order valence-electron chi connectivity index (χ1n) is 25.2. The number of nitrogens with one attached hydrogen (secondary N) is 2. The number of carbonyl (C=O) groups is 4. The lowest BCUT2D eigenvalue weighted by Crippen LogP contribution is -2.23. The fourth-order valence-corrected chi connectivity index (χ4v) is 9.35. The minimum atomic E-state index is -3.19. The SMILES string of the molecule is CN.CS(=O)(=O)Cl.O=C(O)c1cc(Br)nn1-c1ncccc1Cl.[C-]#[N+]c1cc(C)c(N)c(C(=O)O)c1.[C-]#[N+]c1cc(C)c(NC(=O)c2cc(Br)nn2-c2ncccc2Cl)c(C(=O)NC)c1.[C-]#[N+]c1cc(C)c2nc(-c3cc(Br)nn3-c3ncccc3Cl)oc(=O)c2c1. The van der Waals surface area contributed by atoms with E-state index in [0.717, 1.165) is 6.26 Å². The number of aromatic nitrogens is 10. The van der Waals surface area contributed by atoms with Crippen molar-refractivity contribution in [1.82, 2.24) is 54.6 Å². The number of carboxylic acids is 2. The van der Waals surface area contributed by atoms with Crippen molar-refractivity contribution >= 4 is 165 Å². The van der Waals surface area contributed by atoms with Gasteiger partial charge in [-0.25, -0.2) is 71.3 Å². The molecule has 0 atom stereocenters. The first kappa shape index (κ1) is 73.3. The minimum absolute atomic E-state index is 0.00697. The smallest absolute Gasteiger partial charge is 0.354 e. The Hall–Kier alpha value is -9.46. The van der Waals surface area contributed by atoms with Gasteiger partial charge in [0.1, 0.15) is 25.2 Å². The lowest BCUT2D eigenvalue weighted by atomic mass is 10.1. The van der Waals surface area contributed by atoms with E-state index in [-0.39, 0.29) is 51.1 Å². The number of rotatable bonds is 9. The Morgan fingerprint density at radius 1 is 0.630 bits per heavy atom. The summed E-state index contributed by atoms with van der Waals surface area (Å²) >= 11 is 28.0. The average Bonchev–Trinajstić information content (AvgIpc) is 1.36. The summed E-state index contributed by atoms with van der Waals surface area (Å²) in [6.07, 6.45) is 5.56. The number of aromatic carboxylic acids is 2. The van der Waals surface area contributed by atoms with Gasteiger partial charge >= 0.3 is 17.6 Å². The number of amides is 2. The number of carboxylic acid groups (broad SMARTS) is 2. The predicted octanol–water partition coefficient (Wildman–Crippen LogP) is 12.8. The van der Waals surface area contributed by atoms with Crippen molar-refractivity contribution in [3.8, 4) is 29.0 Å². The zero-order valence-electron chi connectivity index (χ0n) is 48.1.